The van der Waals surface area contributed by atoms with Gasteiger partial charge in [0.05, 0.1) is 0 Å². The van der Waals surface area contributed by atoms with Gasteiger partial charge in [0.2, 0.25) is 0 Å². The van der Waals surface area contributed by atoms with Crippen molar-refractivity contribution in [3.8, 4) is 0 Å². The molecule has 0 atom stereocenters. The van der Waals surface area contributed by atoms with Crippen LogP contribution in [0.3, 0.4) is 0 Å². The minimum absolute atomic E-state index is 0.0417. The third-order valence-electron chi connectivity index (χ3n) is 1.11. The lowest BCUT2D eigenvalue weighted by atomic mass is 10.2. The highest BCUT2D eigenvalue weighted by atomic mass is 15.3. The van der Waals surface area contributed by atoms with Gasteiger partial charge in [0, 0.05) is 0 Å². The molecule has 8 N–H and O–H groups in total. The van der Waals surface area contributed by atoms with E-state index in [0.29, 0.717) is 0 Å². The molecular formula is C3H8N6. The molecule has 1 aliphatic rings. The summed E-state index contributed by atoms with van der Waals surface area (Å²) in [7, 11) is 0. The van der Waals surface area contributed by atoms with E-state index in [1.807, 2.05) is 0 Å². The Hall–Kier alpha value is -1.14. The molecule has 0 saturated heterocycles. The fourth-order valence-electron chi connectivity index (χ4n) is 0.404. The second-order valence-electron chi connectivity index (χ2n) is 1.84. The summed E-state index contributed by atoms with van der Waals surface area (Å²) < 4.78 is 0. The third-order valence-corrected chi connectivity index (χ3v) is 1.11. The van der Waals surface area contributed by atoms with E-state index in [1.54, 1.807) is 0 Å². The molecule has 1 heterocycles. The van der Waals surface area contributed by atoms with Gasteiger partial charge in [-0.1, -0.05) is 0 Å². The Morgan fingerprint density at radius 1 is 1.00 bits per heavy atom. The van der Waals surface area contributed by atoms with E-state index in [4.69, 9.17) is 22.9 Å². The minimum Gasteiger partial charge on any atom is -0.383 e. The first-order valence-corrected chi connectivity index (χ1v) is 2.30. The molecule has 0 saturated carbocycles. The van der Waals surface area contributed by atoms with Gasteiger partial charge in [0.1, 0.15) is 0 Å². The molecule has 0 spiro atoms. The fourth-order valence-corrected chi connectivity index (χ4v) is 0.404. The van der Waals surface area contributed by atoms with Crippen LogP contribution in [-0.2, 0) is 0 Å². The van der Waals surface area contributed by atoms with Crippen molar-refractivity contribution in [2.75, 3.05) is 0 Å². The Morgan fingerprint density at radius 3 is 1.44 bits per heavy atom. The molecule has 0 aromatic heterocycles. The second kappa shape index (κ2) is 1.42. The van der Waals surface area contributed by atoms with E-state index in [0.717, 1.165) is 0 Å². The summed E-state index contributed by atoms with van der Waals surface area (Å²) in [5.74, 6) is 0.0833. The number of amidine groups is 2. The molecular weight excluding hydrogens is 120 g/mol. The number of hydrogen-bond donors (Lipinski definition) is 4. The minimum atomic E-state index is -1.33. The van der Waals surface area contributed by atoms with Gasteiger partial charge in [-0.3, -0.25) is 0 Å². The highest BCUT2D eigenvalue weighted by Gasteiger charge is 2.33. The molecule has 0 aromatic carbocycles. The van der Waals surface area contributed by atoms with E-state index in [2.05, 4.69) is 10.2 Å². The van der Waals surface area contributed by atoms with Crippen LogP contribution >= 0.6 is 0 Å². The summed E-state index contributed by atoms with van der Waals surface area (Å²) in [5, 5.41) is 6.75. The van der Waals surface area contributed by atoms with Gasteiger partial charge in [-0.15, -0.1) is 10.2 Å². The molecule has 0 fully saturated rings. The number of hydrogen-bond acceptors (Lipinski definition) is 6. The third kappa shape index (κ3) is 0.644. The first-order valence-electron chi connectivity index (χ1n) is 2.30. The van der Waals surface area contributed by atoms with Gasteiger partial charge in [-0.25, -0.2) is 0 Å². The zero-order valence-electron chi connectivity index (χ0n) is 4.70. The van der Waals surface area contributed by atoms with Crippen LogP contribution in [0.5, 0.6) is 0 Å². The van der Waals surface area contributed by atoms with Crippen molar-refractivity contribution in [1.29, 1.82) is 0 Å². The summed E-state index contributed by atoms with van der Waals surface area (Å²) in [5.41, 5.74) is 19.7. The summed E-state index contributed by atoms with van der Waals surface area (Å²) in [6.07, 6.45) is 0. The van der Waals surface area contributed by atoms with Gasteiger partial charge in [0.25, 0.3) is 0 Å². The Morgan fingerprint density at radius 2 is 1.33 bits per heavy atom. The molecule has 1 rings (SSSR count). The van der Waals surface area contributed by atoms with Crippen molar-refractivity contribution in [2.45, 2.75) is 5.66 Å². The summed E-state index contributed by atoms with van der Waals surface area (Å²) >= 11 is 0. The quantitative estimate of drug-likeness (QED) is 0.263. The van der Waals surface area contributed by atoms with Crippen molar-refractivity contribution in [2.24, 2.45) is 33.1 Å². The van der Waals surface area contributed by atoms with E-state index in [9.17, 15) is 0 Å². The lowest BCUT2D eigenvalue weighted by Crippen LogP contribution is -2.65. The number of rotatable bonds is 0. The normalized spacial score (nSPS) is 23.3. The van der Waals surface area contributed by atoms with Crippen molar-refractivity contribution >= 4 is 11.7 Å². The average molecular weight is 128 g/mol. The highest BCUT2D eigenvalue weighted by Crippen LogP contribution is 1.99. The number of nitrogens with zero attached hydrogens (tertiary/aromatic N) is 2. The van der Waals surface area contributed by atoms with Gasteiger partial charge in [0.15, 0.2) is 17.3 Å². The summed E-state index contributed by atoms with van der Waals surface area (Å²) in [6.45, 7) is 0. The Kier molecular flexibility index (Phi) is 0.948. The molecule has 6 heteroatoms. The van der Waals surface area contributed by atoms with Crippen molar-refractivity contribution < 1.29 is 0 Å². The lowest BCUT2D eigenvalue weighted by molar-refractivity contribution is 0.784. The maximum Gasteiger partial charge on any atom is 0.186 e. The number of nitrogens with two attached hydrogens (primary N) is 4. The maximum absolute atomic E-state index is 5.33. The van der Waals surface area contributed by atoms with E-state index in [1.165, 1.54) is 0 Å². The van der Waals surface area contributed by atoms with Crippen LogP contribution in [0.2, 0.25) is 0 Å². The first kappa shape index (κ1) is 5.99. The molecule has 0 unspecified atom stereocenters. The predicted octanol–water partition coefficient (Wildman–Crippen LogP) is -2.76. The smallest absolute Gasteiger partial charge is 0.186 e. The monoisotopic (exact) mass is 128 g/mol. The van der Waals surface area contributed by atoms with Crippen LogP contribution in [0.4, 0.5) is 0 Å². The molecule has 0 bridgehead atoms. The second-order valence-corrected chi connectivity index (χ2v) is 1.84. The maximum atomic E-state index is 5.33. The van der Waals surface area contributed by atoms with Crippen LogP contribution < -0.4 is 22.9 Å². The average Bonchev–Trinajstić information content (AvgIpc) is 1.96. The topological polar surface area (TPSA) is 129 Å². The molecule has 0 amide bonds. The summed E-state index contributed by atoms with van der Waals surface area (Å²) in [6, 6.07) is 0. The molecule has 50 valence electrons. The fraction of sp³-hybridized carbons (Fsp3) is 0.333. The Bertz CT molecular complexity index is 168. The van der Waals surface area contributed by atoms with E-state index in [-0.39, 0.29) is 11.7 Å². The molecule has 9 heavy (non-hydrogen) atoms. The van der Waals surface area contributed by atoms with Crippen molar-refractivity contribution in [3.63, 3.8) is 0 Å². The van der Waals surface area contributed by atoms with Crippen LogP contribution in [0.25, 0.3) is 0 Å². The first-order chi connectivity index (χ1) is 4.05. The molecule has 0 aromatic rings. The standard InChI is InChI=1S/C3H8N6/c4-1-3(6,7)2(5)9-8-1/h6-7H2,(H2,4,8)(H2,5,9). The van der Waals surface area contributed by atoms with E-state index >= 15 is 0 Å². The molecule has 6 nitrogen and oxygen atoms in total. The van der Waals surface area contributed by atoms with Crippen LogP contribution in [-0.4, -0.2) is 17.3 Å². The zero-order valence-corrected chi connectivity index (χ0v) is 4.70. The Labute approximate surface area is 51.6 Å². The molecule has 0 radical (unpaired) electrons. The van der Waals surface area contributed by atoms with E-state index < -0.39 is 5.66 Å². The Balaban J connectivity index is 2.96. The summed E-state index contributed by atoms with van der Waals surface area (Å²) in [4.78, 5) is 0. The van der Waals surface area contributed by atoms with Crippen LogP contribution in [0, 0.1) is 0 Å². The van der Waals surface area contributed by atoms with Gasteiger partial charge in [-0.2, -0.15) is 0 Å². The largest absolute Gasteiger partial charge is 0.383 e. The molecule has 0 aliphatic carbocycles. The van der Waals surface area contributed by atoms with Crippen LogP contribution in [0.1, 0.15) is 0 Å². The van der Waals surface area contributed by atoms with Gasteiger partial charge >= 0.3 is 0 Å². The van der Waals surface area contributed by atoms with Crippen LogP contribution in [0.15, 0.2) is 10.2 Å². The van der Waals surface area contributed by atoms with Gasteiger partial charge < -0.3 is 22.9 Å². The molecule has 1 aliphatic heterocycles. The highest BCUT2D eigenvalue weighted by molar-refractivity contribution is 6.14. The lowest BCUT2D eigenvalue weighted by Gasteiger charge is -2.15. The van der Waals surface area contributed by atoms with Crippen molar-refractivity contribution in [1.82, 2.24) is 0 Å². The SMILES string of the molecule is NC1=NN=C(N)C1(N)N. The van der Waals surface area contributed by atoms with Gasteiger partial charge in [-0.05, 0) is 0 Å². The predicted molar refractivity (Wildman–Crippen MR) is 34.4 cm³/mol. The van der Waals surface area contributed by atoms with Crippen molar-refractivity contribution in [3.05, 3.63) is 0 Å². The zero-order chi connectivity index (χ0) is 7.07.